The Labute approximate surface area is 130 Å². The predicted molar refractivity (Wildman–Crippen MR) is 87.4 cm³/mol. The van der Waals surface area contributed by atoms with E-state index in [9.17, 15) is 5.11 Å². The van der Waals surface area contributed by atoms with Crippen molar-refractivity contribution in [2.24, 2.45) is 11.7 Å². The summed E-state index contributed by atoms with van der Waals surface area (Å²) in [6.07, 6.45) is 1.76. The van der Waals surface area contributed by atoms with Crippen LogP contribution < -0.4 is 11.1 Å². The second-order valence-corrected chi connectivity index (χ2v) is 5.85. The highest BCUT2D eigenvalue weighted by Gasteiger charge is 2.19. The van der Waals surface area contributed by atoms with Crippen LogP contribution >= 0.6 is 11.6 Å². The summed E-state index contributed by atoms with van der Waals surface area (Å²) in [7, 11) is 0. The van der Waals surface area contributed by atoms with E-state index in [1.165, 1.54) is 0 Å². The quantitative estimate of drug-likeness (QED) is 0.767. The van der Waals surface area contributed by atoms with Crippen LogP contribution in [0.2, 0.25) is 5.02 Å². The van der Waals surface area contributed by atoms with Crippen molar-refractivity contribution in [1.29, 1.82) is 0 Å². The molecule has 0 aliphatic heterocycles. The number of benzene rings is 1. The van der Waals surface area contributed by atoms with Gasteiger partial charge in [0.1, 0.15) is 0 Å². The summed E-state index contributed by atoms with van der Waals surface area (Å²) in [4.78, 5) is 4.45. The normalized spacial score (nSPS) is 15.9. The summed E-state index contributed by atoms with van der Waals surface area (Å²) < 4.78 is 0. The summed E-state index contributed by atoms with van der Waals surface area (Å²) in [5.74, 6) is 0.158. The molecule has 0 aliphatic rings. The van der Waals surface area contributed by atoms with E-state index in [2.05, 4.69) is 17.2 Å². The van der Waals surface area contributed by atoms with Gasteiger partial charge in [0.25, 0.3) is 0 Å². The molecule has 0 amide bonds. The third kappa shape index (κ3) is 3.52. The van der Waals surface area contributed by atoms with Crippen LogP contribution in [-0.4, -0.2) is 29.3 Å². The average Bonchev–Trinajstić information content (AvgIpc) is 2.52. The van der Waals surface area contributed by atoms with Crippen LogP contribution in [0.25, 0.3) is 10.9 Å². The first-order chi connectivity index (χ1) is 10.1. The van der Waals surface area contributed by atoms with Crippen molar-refractivity contribution in [3.05, 3.63) is 41.0 Å². The lowest BCUT2D eigenvalue weighted by molar-refractivity contribution is 0.201. The third-order valence-electron chi connectivity index (χ3n) is 3.96. The largest absolute Gasteiger partial charge is 0.396 e. The molecule has 0 bridgehead atoms. The maximum atomic E-state index is 9.27. The molecule has 1 aromatic heterocycles. The summed E-state index contributed by atoms with van der Waals surface area (Å²) in [6.45, 7) is 4.65. The van der Waals surface area contributed by atoms with Gasteiger partial charge in [-0.2, -0.15) is 0 Å². The number of aliphatic hydroxyl groups is 1. The molecule has 3 unspecified atom stereocenters. The monoisotopic (exact) mass is 307 g/mol. The van der Waals surface area contributed by atoms with E-state index < -0.39 is 0 Å². The molecule has 0 radical (unpaired) electrons. The maximum absolute atomic E-state index is 9.27. The van der Waals surface area contributed by atoms with Gasteiger partial charge in [-0.25, -0.2) is 0 Å². The van der Waals surface area contributed by atoms with Crippen LogP contribution in [-0.2, 0) is 0 Å². The highest BCUT2D eigenvalue weighted by Crippen LogP contribution is 2.28. The average molecular weight is 308 g/mol. The molecule has 0 spiro atoms. The highest BCUT2D eigenvalue weighted by molar-refractivity contribution is 6.35. The number of nitrogens with zero attached hydrogens (tertiary/aromatic N) is 1. The molecular weight excluding hydrogens is 286 g/mol. The van der Waals surface area contributed by atoms with Crippen molar-refractivity contribution in [1.82, 2.24) is 10.3 Å². The van der Waals surface area contributed by atoms with Gasteiger partial charge in [0.15, 0.2) is 0 Å². The number of fused-ring (bicyclic) bond motifs is 1. The first kappa shape index (κ1) is 16.2. The lowest BCUT2D eigenvalue weighted by Crippen LogP contribution is -2.39. The molecule has 1 aromatic carbocycles. The Kier molecular flexibility index (Phi) is 5.53. The first-order valence-electron chi connectivity index (χ1n) is 7.18. The molecule has 0 saturated carbocycles. The van der Waals surface area contributed by atoms with E-state index in [1.54, 1.807) is 6.20 Å². The molecule has 4 N–H and O–H groups in total. The number of hydrogen-bond donors (Lipinski definition) is 3. The van der Waals surface area contributed by atoms with Crippen molar-refractivity contribution in [3.63, 3.8) is 0 Å². The summed E-state index contributed by atoms with van der Waals surface area (Å²) >= 11 is 6.23. The minimum atomic E-state index is -0.0244. The van der Waals surface area contributed by atoms with E-state index in [0.717, 1.165) is 16.5 Å². The van der Waals surface area contributed by atoms with Crippen molar-refractivity contribution in [2.75, 3.05) is 13.2 Å². The summed E-state index contributed by atoms with van der Waals surface area (Å²) in [6, 6.07) is 7.81. The Morgan fingerprint density at radius 3 is 2.76 bits per heavy atom. The van der Waals surface area contributed by atoms with E-state index in [4.69, 9.17) is 17.3 Å². The topological polar surface area (TPSA) is 71.2 Å². The second-order valence-electron chi connectivity index (χ2n) is 5.44. The second kappa shape index (κ2) is 7.18. The fourth-order valence-corrected chi connectivity index (χ4v) is 2.58. The minimum Gasteiger partial charge on any atom is -0.396 e. The molecule has 114 valence electrons. The van der Waals surface area contributed by atoms with Gasteiger partial charge in [-0.05, 0) is 36.6 Å². The van der Waals surface area contributed by atoms with Gasteiger partial charge in [0, 0.05) is 41.8 Å². The van der Waals surface area contributed by atoms with E-state index in [1.807, 2.05) is 31.2 Å². The van der Waals surface area contributed by atoms with Gasteiger partial charge < -0.3 is 16.2 Å². The molecule has 0 aliphatic carbocycles. The number of halogens is 1. The first-order valence-corrected chi connectivity index (χ1v) is 7.56. The van der Waals surface area contributed by atoms with Gasteiger partial charge >= 0.3 is 0 Å². The molecule has 21 heavy (non-hydrogen) atoms. The molecule has 1 heterocycles. The predicted octanol–water partition coefficient (Wildman–Crippen LogP) is 2.49. The number of aromatic nitrogens is 1. The fourth-order valence-electron chi connectivity index (χ4n) is 2.37. The Morgan fingerprint density at radius 1 is 1.33 bits per heavy atom. The molecule has 2 aromatic rings. The highest BCUT2D eigenvalue weighted by atomic mass is 35.5. The number of hydrogen-bond acceptors (Lipinski definition) is 4. The number of nitrogens with one attached hydrogen (secondary N) is 1. The van der Waals surface area contributed by atoms with Crippen LogP contribution in [0.5, 0.6) is 0 Å². The fraction of sp³-hybridized carbons (Fsp3) is 0.438. The van der Waals surface area contributed by atoms with Gasteiger partial charge in [-0.15, -0.1) is 0 Å². The van der Waals surface area contributed by atoms with E-state index >= 15 is 0 Å². The van der Waals surface area contributed by atoms with Crippen molar-refractivity contribution < 1.29 is 5.11 Å². The number of aliphatic hydroxyl groups excluding tert-OH is 1. The van der Waals surface area contributed by atoms with Crippen molar-refractivity contribution in [3.8, 4) is 0 Å². The smallest absolute Gasteiger partial charge is 0.0765 e. The Balaban J connectivity index is 2.37. The van der Waals surface area contributed by atoms with Crippen LogP contribution in [0.4, 0.5) is 0 Å². The minimum absolute atomic E-state index is 0.0244. The zero-order valence-electron chi connectivity index (χ0n) is 12.4. The standard InChI is InChI=1S/C16H22ClN3O/c1-10(9-21)11(2)20-15(8-18)13-5-6-14(17)12-4-3-7-19-16(12)13/h3-7,10-11,15,20-21H,8-9,18H2,1-2H3. The Morgan fingerprint density at radius 2 is 2.10 bits per heavy atom. The van der Waals surface area contributed by atoms with Gasteiger partial charge in [0.05, 0.1) is 5.52 Å². The van der Waals surface area contributed by atoms with Crippen LogP contribution in [0, 0.1) is 5.92 Å². The molecule has 4 nitrogen and oxygen atoms in total. The number of nitrogens with two attached hydrogens (primary N) is 1. The summed E-state index contributed by atoms with van der Waals surface area (Å²) in [5, 5.41) is 14.4. The zero-order valence-corrected chi connectivity index (χ0v) is 13.1. The van der Waals surface area contributed by atoms with Gasteiger partial charge in [-0.1, -0.05) is 24.6 Å². The third-order valence-corrected chi connectivity index (χ3v) is 4.29. The zero-order chi connectivity index (χ0) is 15.4. The number of rotatable bonds is 6. The van der Waals surface area contributed by atoms with Crippen LogP contribution in [0.1, 0.15) is 25.5 Å². The lowest BCUT2D eigenvalue weighted by Gasteiger charge is -2.26. The van der Waals surface area contributed by atoms with E-state index in [-0.39, 0.29) is 24.6 Å². The van der Waals surface area contributed by atoms with Crippen LogP contribution in [0.15, 0.2) is 30.5 Å². The molecule has 5 heteroatoms. The number of pyridine rings is 1. The van der Waals surface area contributed by atoms with Crippen molar-refractivity contribution in [2.45, 2.75) is 25.9 Å². The lowest BCUT2D eigenvalue weighted by atomic mass is 9.99. The van der Waals surface area contributed by atoms with E-state index in [0.29, 0.717) is 11.6 Å². The van der Waals surface area contributed by atoms with Gasteiger partial charge in [-0.3, -0.25) is 4.98 Å². The van der Waals surface area contributed by atoms with Crippen LogP contribution in [0.3, 0.4) is 0 Å². The molecular formula is C16H22ClN3O. The maximum Gasteiger partial charge on any atom is 0.0765 e. The SMILES string of the molecule is CC(CO)C(C)NC(CN)c1ccc(Cl)c2cccnc12. The molecule has 0 fully saturated rings. The molecule has 2 rings (SSSR count). The van der Waals surface area contributed by atoms with Gasteiger partial charge in [0.2, 0.25) is 0 Å². The summed E-state index contributed by atoms with van der Waals surface area (Å²) in [5.41, 5.74) is 7.85. The Hall–Kier alpha value is -1.20. The Bertz CT molecular complexity index is 605. The van der Waals surface area contributed by atoms with Crippen molar-refractivity contribution >= 4 is 22.5 Å². The molecule has 0 saturated heterocycles. The molecule has 3 atom stereocenters.